The second-order valence-corrected chi connectivity index (χ2v) is 9.93. The van der Waals surface area contributed by atoms with Gasteiger partial charge in [-0.1, -0.05) is 46.3 Å². The number of thiophene rings is 1. The lowest BCUT2D eigenvalue weighted by molar-refractivity contribution is -0.116. The second kappa shape index (κ2) is 10.4. The molecule has 2 aromatic carbocycles. The van der Waals surface area contributed by atoms with E-state index in [-0.39, 0.29) is 17.9 Å². The molecule has 0 fully saturated rings. The molecule has 166 valence electrons. The van der Waals surface area contributed by atoms with Crippen LogP contribution in [0.1, 0.15) is 52.2 Å². The Morgan fingerprint density at radius 1 is 1.03 bits per heavy atom. The van der Waals surface area contributed by atoms with Gasteiger partial charge in [0.1, 0.15) is 5.00 Å². The molecular weight excluding hydrogens is 486 g/mol. The van der Waals surface area contributed by atoms with Gasteiger partial charge >= 0.3 is 0 Å². The molecule has 0 bridgehead atoms. The van der Waals surface area contributed by atoms with Gasteiger partial charge in [-0.3, -0.25) is 9.59 Å². The highest BCUT2D eigenvalue weighted by atomic mass is 79.9. The van der Waals surface area contributed by atoms with Crippen molar-refractivity contribution in [3.8, 4) is 0 Å². The van der Waals surface area contributed by atoms with E-state index in [0.29, 0.717) is 23.5 Å². The molecule has 3 N–H and O–H groups in total. The van der Waals surface area contributed by atoms with Crippen molar-refractivity contribution >= 4 is 49.8 Å². The summed E-state index contributed by atoms with van der Waals surface area (Å²) < 4.78 is 0.954. The van der Waals surface area contributed by atoms with E-state index in [0.717, 1.165) is 35.0 Å². The van der Waals surface area contributed by atoms with Crippen LogP contribution in [-0.4, -0.2) is 18.4 Å². The Balaban J connectivity index is 1.39. The van der Waals surface area contributed by atoms with Crippen LogP contribution in [0, 0.1) is 0 Å². The normalized spacial score (nSPS) is 13.4. The van der Waals surface area contributed by atoms with Crippen LogP contribution in [0.2, 0.25) is 0 Å². The van der Waals surface area contributed by atoms with Crippen LogP contribution in [-0.2, 0) is 17.6 Å². The van der Waals surface area contributed by atoms with Gasteiger partial charge in [0.05, 0.1) is 5.56 Å². The first-order valence-electron chi connectivity index (χ1n) is 10.8. The van der Waals surface area contributed by atoms with Crippen LogP contribution in [0.4, 0.5) is 10.7 Å². The summed E-state index contributed by atoms with van der Waals surface area (Å²) in [6.45, 7) is 2.65. The topological polar surface area (TPSA) is 70.2 Å². The molecule has 0 radical (unpaired) electrons. The fraction of sp³-hybridized carbons (Fsp3) is 0.280. The molecular formula is C25H26BrN3O2S. The molecule has 0 aliphatic heterocycles. The molecule has 1 unspecified atom stereocenters. The van der Waals surface area contributed by atoms with E-state index in [9.17, 15) is 9.59 Å². The van der Waals surface area contributed by atoms with Crippen molar-refractivity contribution in [2.75, 3.05) is 17.2 Å². The Morgan fingerprint density at radius 3 is 2.53 bits per heavy atom. The third kappa shape index (κ3) is 5.46. The molecule has 1 heterocycles. The molecule has 5 nitrogen and oxygen atoms in total. The molecule has 1 aliphatic carbocycles. The van der Waals surface area contributed by atoms with E-state index in [1.54, 1.807) is 0 Å². The molecule has 7 heteroatoms. The van der Waals surface area contributed by atoms with Gasteiger partial charge in [0.2, 0.25) is 5.91 Å². The van der Waals surface area contributed by atoms with Crippen LogP contribution >= 0.6 is 27.3 Å². The highest BCUT2D eigenvalue weighted by molar-refractivity contribution is 9.10. The van der Waals surface area contributed by atoms with Crippen molar-refractivity contribution < 1.29 is 9.59 Å². The number of carbonyl (C=O) groups is 2. The van der Waals surface area contributed by atoms with Gasteiger partial charge in [-0.2, -0.15) is 0 Å². The van der Waals surface area contributed by atoms with Crippen molar-refractivity contribution in [3.63, 3.8) is 0 Å². The number of amides is 2. The molecule has 4 rings (SSSR count). The Kier molecular flexibility index (Phi) is 7.40. The van der Waals surface area contributed by atoms with Gasteiger partial charge in [-0.15, -0.1) is 11.3 Å². The number of anilines is 2. The fourth-order valence-electron chi connectivity index (χ4n) is 3.91. The number of carbonyl (C=O) groups excluding carboxylic acids is 2. The molecule has 0 spiro atoms. The average molecular weight is 512 g/mol. The van der Waals surface area contributed by atoms with E-state index >= 15 is 0 Å². The minimum atomic E-state index is -0.169. The van der Waals surface area contributed by atoms with Crippen molar-refractivity contribution in [2.45, 2.75) is 38.6 Å². The monoisotopic (exact) mass is 511 g/mol. The molecule has 1 aromatic heterocycles. The van der Waals surface area contributed by atoms with Crippen molar-refractivity contribution in [1.82, 2.24) is 5.32 Å². The number of fused-ring (bicyclic) bond motifs is 1. The SMILES string of the molecule is CC(NCCC(=O)Nc1sc2c(c1C(=O)Nc1ccc(Br)cc1)CCC2)c1ccccc1. The van der Waals surface area contributed by atoms with E-state index in [1.165, 1.54) is 21.8 Å². The summed E-state index contributed by atoms with van der Waals surface area (Å²) in [6.07, 6.45) is 3.23. The van der Waals surface area contributed by atoms with Gasteiger partial charge in [-0.05, 0) is 61.6 Å². The molecule has 1 atom stereocenters. The number of benzene rings is 2. The minimum absolute atomic E-state index is 0.0876. The summed E-state index contributed by atoms with van der Waals surface area (Å²) in [6, 6.07) is 17.8. The smallest absolute Gasteiger partial charge is 0.258 e. The number of hydrogen-bond donors (Lipinski definition) is 3. The van der Waals surface area contributed by atoms with Crippen LogP contribution in [0.15, 0.2) is 59.1 Å². The Hall–Kier alpha value is -2.48. The molecule has 2 amide bonds. The van der Waals surface area contributed by atoms with E-state index in [2.05, 4.69) is 50.9 Å². The second-order valence-electron chi connectivity index (χ2n) is 7.91. The first-order chi connectivity index (χ1) is 15.5. The molecule has 32 heavy (non-hydrogen) atoms. The van der Waals surface area contributed by atoms with Gasteiger partial charge < -0.3 is 16.0 Å². The van der Waals surface area contributed by atoms with Crippen LogP contribution in [0.5, 0.6) is 0 Å². The lowest BCUT2D eigenvalue weighted by Crippen LogP contribution is -2.25. The maximum absolute atomic E-state index is 13.1. The van der Waals surface area contributed by atoms with Gasteiger partial charge in [0.15, 0.2) is 0 Å². The summed E-state index contributed by atoms with van der Waals surface area (Å²) in [5.74, 6) is -0.256. The zero-order valence-corrected chi connectivity index (χ0v) is 20.3. The molecule has 0 saturated carbocycles. The highest BCUT2D eigenvalue weighted by Crippen LogP contribution is 2.39. The van der Waals surface area contributed by atoms with Crippen molar-refractivity contribution in [3.05, 3.63) is 80.6 Å². The minimum Gasteiger partial charge on any atom is -0.322 e. The van der Waals surface area contributed by atoms with Crippen molar-refractivity contribution in [1.29, 1.82) is 0 Å². The lowest BCUT2D eigenvalue weighted by Gasteiger charge is -2.14. The Bertz CT molecular complexity index is 1100. The number of aryl methyl sites for hydroxylation is 1. The molecule has 0 saturated heterocycles. The van der Waals surface area contributed by atoms with Gasteiger partial charge in [0, 0.05) is 34.0 Å². The van der Waals surface area contributed by atoms with Crippen LogP contribution in [0.3, 0.4) is 0 Å². The molecule has 3 aromatic rings. The Labute approximate surface area is 200 Å². The maximum Gasteiger partial charge on any atom is 0.258 e. The first kappa shape index (κ1) is 22.7. The summed E-state index contributed by atoms with van der Waals surface area (Å²) in [4.78, 5) is 27.0. The Morgan fingerprint density at radius 2 is 1.78 bits per heavy atom. The number of hydrogen-bond acceptors (Lipinski definition) is 4. The van der Waals surface area contributed by atoms with Crippen molar-refractivity contribution in [2.24, 2.45) is 0 Å². The number of halogens is 1. The third-order valence-corrected chi connectivity index (χ3v) is 7.34. The van der Waals surface area contributed by atoms with Gasteiger partial charge in [0.25, 0.3) is 5.91 Å². The maximum atomic E-state index is 13.1. The largest absolute Gasteiger partial charge is 0.322 e. The van der Waals surface area contributed by atoms with Crippen LogP contribution in [0.25, 0.3) is 0 Å². The van der Waals surface area contributed by atoms with Crippen LogP contribution < -0.4 is 16.0 Å². The van der Waals surface area contributed by atoms with E-state index in [4.69, 9.17) is 0 Å². The summed E-state index contributed by atoms with van der Waals surface area (Å²) in [7, 11) is 0. The zero-order valence-electron chi connectivity index (χ0n) is 17.9. The lowest BCUT2D eigenvalue weighted by atomic mass is 10.1. The first-order valence-corrected chi connectivity index (χ1v) is 12.4. The summed E-state index contributed by atoms with van der Waals surface area (Å²) >= 11 is 4.94. The molecule has 1 aliphatic rings. The highest BCUT2D eigenvalue weighted by Gasteiger charge is 2.27. The predicted molar refractivity (Wildman–Crippen MR) is 135 cm³/mol. The predicted octanol–water partition coefficient (Wildman–Crippen LogP) is 5.93. The summed E-state index contributed by atoms with van der Waals surface area (Å²) in [5, 5.41) is 10.0. The third-order valence-electron chi connectivity index (χ3n) is 5.61. The average Bonchev–Trinajstić information content (AvgIpc) is 3.36. The number of rotatable bonds is 8. The number of nitrogens with one attached hydrogen (secondary N) is 3. The quantitative estimate of drug-likeness (QED) is 0.350. The summed E-state index contributed by atoms with van der Waals surface area (Å²) in [5.41, 5.74) is 3.61. The zero-order chi connectivity index (χ0) is 22.5. The standard InChI is InChI=1S/C25H26BrN3O2S/c1-16(17-6-3-2-4-7-17)27-15-14-22(30)29-25-23(20-8-5-9-21(20)32-25)24(31)28-19-12-10-18(26)11-13-19/h2-4,6-7,10-13,16,27H,5,8-9,14-15H2,1H3,(H,28,31)(H,29,30). The van der Waals surface area contributed by atoms with E-state index in [1.807, 2.05) is 42.5 Å². The fourth-order valence-corrected chi connectivity index (χ4v) is 5.48. The van der Waals surface area contributed by atoms with Gasteiger partial charge in [-0.25, -0.2) is 0 Å². The van der Waals surface area contributed by atoms with E-state index < -0.39 is 0 Å².